The van der Waals surface area contributed by atoms with Gasteiger partial charge in [-0.3, -0.25) is 9.59 Å². The van der Waals surface area contributed by atoms with Gasteiger partial charge in [-0.1, -0.05) is 0 Å². The summed E-state index contributed by atoms with van der Waals surface area (Å²) in [6, 6.07) is 9.20. The lowest BCUT2D eigenvalue weighted by Gasteiger charge is -2.13. The zero-order chi connectivity index (χ0) is 17.3. The van der Waals surface area contributed by atoms with Crippen LogP contribution in [0.3, 0.4) is 0 Å². The number of carboxylic acid groups (broad SMARTS) is 1. The number of nitrogens with zero attached hydrogens (tertiary/aromatic N) is 2. The highest BCUT2D eigenvalue weighted by Crippen LogP contribution is 2.26. The van der Waals surface area contributed by atoms with Crippen molar-refractivity contribution in [2.75, 3.05) is 0 Å². The van der Waals surface area contributed by atoms with Crippen LogP contribution in [-0.2, 0) is 4.79 Å². The first-order valence-corrected chi connectivity index (χ1v) is 8.11. The first-order valence-electron chi connectivity index (χ1n) is 8.11. The summed E-state index contributed by atoms with van der Waals surface area (Å²) in [6.07, 6.45) is 1.84. The number of rotatable bonds is 4. The Hall–Kier alpha value is -2.63. The van der Waals surface area contributed by atoms with E-state index in [0.29, 0.717) is 24.8 Å². The number of aryl methyl sites for hydroxylation is 2. The summed E-state index contributed by atoms with van der Waals surface area (Å²) >= 11 is 0. The Kier molecular flexibility index (Phi) is 4.38. The maximum atomic E-state index is 12.3. The van der Waals surface area contributed by atoms with Crippen molar-refractivity contribution < 1.29 is 14.7 Å². The molecule has 1 amide bonds. The van der Waals surface area contributed by atoms with E-state index in [4.69, 9.17) is 5.11 Å². The second-order valence-corrected chi connectivity index (χ2v) is 6.40. The van der Waals surface area contributed by atoms with Gasteiger partial charge in [0.15, 0.2) is 0 Å². The van der Waals surface area contributed by atoms with E-state index in [1.807, 2.05) is 36.7 Å². The van der Waals surface area contributed by atoms with Crippen molar-refractivity contribution in [2.24, 2.45) is 5.92 Å². The maximum Gasteiger partial charge on any atom is 0.306 e. The standard InChI is InChI=1S/C18H21N3O3/c1-11-9-12(2)21(20-11)16-7-4-13(5-8-16)17(22)19-15-6-3-14(10-15)18(23)24/h4-5,7-9,14-15H,3,6,10H2,1-2H3,(H,19,22)(H,23,24)/t14-,15+/m1/s1. The third kappa shape index (κ3) is 3.32. The quantitative estimate of drug-likeness (QED) is 0.903. The van der Waals surface area contributed by atoms with Gasteiger partial charge in [-0.15, -0.1) is 0 Å². The molecule has 1 aliphatic rings. The Morgan fingerprint density at radius 1 is 1.21 bits per heavy atom. The maximum absolute atomic E-state index is 12.3. The number of hydrogen-bond acceptors (Lipinski definition) is 3. The fraction of sp³-hybridized carbons (Fsp3) is 0.389. The van der Waals surface area contributed by atoms with E-state index < -0.39 is 5.97 Å². The molecule has 3 rings (SSSR count). The average Bonchev–Trinajstić information content (AvgIpc) is 3.14. The van der Waals surface area contributed by atoms with Crippen molar-refractivity contribution in [3.05, 3.63) is 47.3 Å². The molecular weight excluding hydrogens is 306 g/mol. The van der Waals surface area contributed by atoms with Gasteiger partial charge in [-0.05, 0) is 63.4 Å². The highest BCUT2D eigenvalue weighted by molar-refractivity contribution is 5.94. The zero-order valence-corrected chi connectivity index (χ0v) is 13.8. The summed E-state index contributed by atoms with van der Waals surface area (Å²) in [5.41, 5.74) is 3.46. The van der Waals surface area contributed by atoms with Gasteiger partial charge < -0.3 is 10.4 Å². The number of carbonyl (C=O) groups excluding carboxylic acids is 1. The molecule has 0 saturated heterocycles. The van der Waals surface area contributed by atoms with Crippen LogP contribution in [0.2, 0.25) is 0 Å². The molecule has 1 saturated carbocycles. The van der Waals surface area contributed by atoms with Gasteiger partial charge in [-0.25, -0.2) is 4.68 Å². The van der Waals surface area contributed by atoms with Gasteiger partial charge in [0.05, 0.1) is 17.3 Å². The minimum Gasteiger partial charge on any atom is -0.481 e. The minimum absolute atomic E-state index is 0.0608. The molecule has 0 aliphatic heterocycles. The molecule has 0 radical (unpaired) electrons. The predicted octanol–water partition coefficient (Wildman–Crippen LogP) is 2.47. The van der Waals surface area contributed by atoms with Crippen LogP contribution in [0.5, 0.6) is 0 Å². The number of benzene rings is 1. The van der Waals surface area contributed by atoms with Gasteiger partial charge in [-0.2, -0.15) is 5.10 Å². The van der Waals surface area contributed by atoms with Crippen molar-refractivity contribution in [3.63, 3.8) is 0 Å². The van der Waals surface area contributed by atoms with Gasteiger partial charge in [0, 0.05) is 17.3 Å². The van der Waals surface area contributed by atoms with Crippen LogP contribution in [-0.4, -0.2) is 32.8 Å². The molecule has 0 bridgehead atoms. The molecule has 1 fully saturated rings. The lowest BCUT2D eigenvalue weighted by Crippen LogP contribution is -2.33. The van der Waals surface area contributed by atoms with Crippen LogP contribution in [0.4, 0.5) is 0 Å². The number of carboxylic acids is 1. The number of aromatic nitrogens is 2. The second-order valence-electron chi connectivity index (χ2n) is 6.40. The summed E-state index contributed by atoms with van der Waals surface area (Å²) in [5, 5.41) is 16.4. The average molecular weight is 327 g/mol. The number of hydrogen-bond donors (Lipinski definition) is 2. The molecule has 6 heteroatoms. The molecular formula is C18H21N3O3. The van der Waals surface area contributed by atoms with Crippen LogP contribution in [0.15, 0.2) is 30.3 Å². The summed E-state index contributed by atoms with van der Waals surface area (Å²) in [5.74, 6) is -1.28. The van der Waals surface area contributed by atoms with Crippen molar-refractivity contribution in [1.29, 1.82) is 0 Å². The Labute approximate surface area is 140 Å². The largest absolute Gasteiger partial charge is 0.481 e. The summed E-state index contributed by atoms with van der Waals surface area (Å²) in [4.78, 5) is 23.3. The van der Waals surface area contributed by atoms with E-state index in [0.717, 1.165) is 17.1 Å². The third-order valence-electron chi connectivity index (χ3n) is 4.50. The predicted molar refractivity (Wildman–Crippen MR) is 89.3 cm³/mol. The van der Waals surface area contributed by atoms with Crippen LogP contribution in [0.25, 0.3) is 5.69 Å². The fourth-order valence-corrected chi connectivity index (χ4v) is 3.25. The molecule has 1 aliphatic carbocycles. The van der Waals surface area contributed by atoms with E-state index in [-0.39, 0.29) is 17.9 Å². The van der Waals surface area contributed by atoms with Crippen LogP contribution in [0, 0.1) is 19.8 Å². The Morgan fingerprint density at radius 3 is 2.46 bits per heavy atom. The van der Waals surface area contributed by atoms with Crippen molar-refractivity contribution >= 4 is 11.9 Å². The smallest absolute Gasteiger partial charge is 0.306 e. The van der Waals surface area contributed by atoms with E-state index in [1.165, 1.54) is 0 Å². The van der Waals surface area contributed by atoms with E-state index >= 15 is 0 Å². The molecule has 2 atom stereocenters. The molecule has 24 heavy (non-hydrogen) atoms. The number of aliphatic carboxylic acids is 1. The molecule has 0 spiro atoms. The molecule has 2 aromatic rings. The van der Waals surface area contributed by atoms with Gasteiger partial charge in [0.1, 0.15) is 0 Å². The molecule has 126 valence electrons. The van der Waals surface area contributed by atoms with E-state index in [2.05, 4.69) is 10.4 Å². The highest BCUT2D eigenvalue weighted by Gasteiger charge is 2.30. The third-order valence-corrected chi connectivity index (χ3v) is 4.50. The molecule has 6 nitrogen and oxygen atoms in total. The van der Waals surface area contributed by atoms with Gasteiger partial charge >= 0.3 is 5.97 Å². The minimum atomic E-state index is -0.777. The fourth-order valence-electron chi connectivity index (χ4n) is 3.25. The SMILES string of the molecule is Cc1cc(C)n(-c2ccc(C(=O)N[C@H]3CC[C@@H](C(=O)O)C3)cc2)n1. The summed E-state index contributed by atoms with van der Waals surface area (Å²) in [6.45, 7) is 3.93. The Morgan fingerprint density at radius 2 is 1.92 bits per heavy atom. The van der Waals surface area contributed by atoms with Crippen LogP contribution in [0.1, 0.15) is 41.0 Å². The molecule has 1 aromatic heterocycles. The van der Waals surface area contributed by atoms with Crippen molar-refractivity contribution in [2.45, 2.75) is 39.2 Å². The van der Waals surface area contributed by atoms with Crippen molar-refractivity contribution in [3.8, 4) is 5.69 Å². The Bertz CT molecular complexity index is 764. The molecule has 0 unspecified atom stereocenters. The Balaban J connectivity index is 1.66. The highest BCUT2D eigenvalue weighted by atomic mass is 16.4. The molecule has 1 heterocycles. The lowest BCUT2D eigenvalue weighted by atomic mass is 10.1. The van der Waals surface area contributed by atoms with Gasteiger partial charge in [0.2, 0.25) is 0 Å². The number of nitrogens with one attached hydrogen (secondary N) is 1. The first-order chi connectivity index (χ1) is 11.4. The summed E-state index contributed by atoms with van der Waals surface area (Å²) < 4.78 is 1.84. The number of carbonyl (C=O) groups is 2. The van der Waals surface area contributed by atoms with Crippen LogP contribution >= 0.6 is 0 Å². The molecule has 2 N–H and O–H groups in total. The molecule has 1 aromatic carbocycles. The second kappa shape index (κ2) is 6.47. The van der Waals surface area contributed by atoms with Crippen molar-refractivity contribution in [1.82, 2.24) is 15.1 Å². The first kappa shape index (κ1) is 16.2. The normalized spacial score (nSPS) is 20.1. The monoisotopic (exact) mass is 327 g/mol. The van der Waals surface area contributed by atoms with E-state index in [9.17, 15) is 9.59 Å². The van der Waals surface area contributed by atoms with Crippen LogP contribution < -0.4 is 5.32 Å². The summed E-state index contributed by atoms with van der Waals surface area (Å²) in [7, 11) is 0. The number of amides is 1. The van der Waals surface area contributed by atoms with E-state index in [1.54, 1.807) is 12.1 Å². The zero-order valence-electron chi connectivity index (χ0n) is 13.8. The lowest BCUT2D eigenvalue weighted by molar-refractivity contribution is -0.141. The topological polar surface area (TPSA) is 84.2 Å². The van der Waals surface area contributed by atoms with Gasteiger partial charge in [0.25, 0.3) is 5.91 Å².